The first-order chi connectivity index (χ1) is 11.8. The summed E-state index contributed by atoms with van der Waals surface area (Å²) in [5.74, 6) is -0.566. The highest BCUT2D eigenvalue weighted by atomic mass is 32.1. The summed E-state index contributed by atoms with van der Waals surface area (Å²) in [5.41, 5.74) is 4.41. The van der Waals surface area contributed by atoms with E-state index in [1.54, 1.807) is 25.1 Å². The summed E-state index contributed by atoms with van der Waals surface area (Å²) in [6.45, 7) is 3.15. The molecule has 0 spiro atoms. The van der Waals surface area contributed by atoms with Gasteiger partial charge in [-0.1, -0.05) is 12.1 Å². The van der Waals surface area contributed by atoms with E-state index in [0.29, 0.717) is 17.1 Å². The lowest BCUT2D eigenvalue weighted by Crippen LogP contribution is -2.23. The second-order valence-corrected chi connectivity index (χ2v) is 5.69. The van der Waals surface area contributed by atoms with E-state index >= 15 is 0 Å². The lowest BCUT2D eigenvalue weighted by Gasteiger charge is -2.06. The number of nitrogens with zero attached hydrogens (tertiary/aromatic N) is 1. The van der Waals surface area contributed by atoms with Gasteiger partial charge in [-0.25, -0.2) is 5.43 Å². The van der Waals surface area contributed by atoms with Crippen LogP contribution in [0.5, 0.6) is 0 Å². The van der Waals surface area contributed by atoms with Crippen molar-refractivity contribution in [3.8, 4) is 0 Å². The maximum Gasteiger partial charge on any atom is 0.251 e. The van der Waals surface area contributed by atoms with Crippen molar-refractivity contribution < 1.29 is 9.59 Å². The van der Waals surface area contributed by atoms with E-state index in [-0.39, 0.29) is 22.7 Å². The third-order valence-corrected chi connectivity index (χ3v) is 3.32. The Morgan fingerprint density at radius 3 is 2.64 bits per heavy atom. The fourth-order valence-corrected chi connectivity index (χ4v) is 2.29. The average molecular weight is 359 g/mol. The molecule has 9 heteroatoms. The Morgan fingerprint density at radius 1 is 1.20 bits per heavy atom. The molecule has 0 saturated carbocycles. The summed E-state index contributed by atoms with van der Waals surface area (Å²) >= 11 is 4.85. The van der Waals surface area contributed by atoms with Gasteiger partial charge in [0.25, 0.3) is 5.56 Å². The van der Waals surface area contributed by atoms with E-state index in [9.17, 15) is 14.4 Å². The largest absolute Gasteiger partial charge is 0.335 e. The van der Waals surface area contributed by atoms with Crippen LogP contribution in [0.25, 0.3) is 0 Å². The van der Waals surface area contributed by atoms with E-state index in [1.165, 1.54) is 13.0 Å². The normalized spacial score (nSPS) is 11.0. The molecule has 1 heterocycles. The van der Waals surface area contributed by atoms with Crippen molar-refractivity contribution >= 4 is 35.4 Å². The van der Waals surface area contributed by atoms with Crippen LogP contribution in [-0.4, -0.2) is 27.5 Å². The zero-order valence-electron chi connectivity index (χ0n) is 13.7. The number of hydrazone groups is 1. The van der Waals surface area contributed by atoms with Gasteiger partial charge in [0.05, 0.1) is 12.1 Å². The number of carbonyl (C=O) groups is 2. The summed E-state index contributed by atoms with van der Waals surface area (Å²) in [4.78, 5) is 39.5. The standard InChI is InChI=1S/C16H17N5O3S/c1-9(11-4-3-5-12(6-11)17-10(2)22)20-21-15(24)8-13-7-14(23)19-16(25)18-13/h3-7H,8H2,1-2H3,(H,17,22)(H,21,24)(H2,18,19,23,25)/b20-9-. The Kier molecular flexibility index (Phi) is 5.96. The van der Waals surface area contributed by atoms with Gasteiger partial charge in [-0.2, -0.15) is 5.10 Å². The zero-order chi connectivity index (χ0) is 18.4. The number of aromatic nitrogens is 2. The molecule has 0 fully saturated rings. The number of anilines is 1. The van der Waals surface area contributed by atoms with Crippen LogP contribution < -0.4 is 16.3 Å². The fourth-order valence-electron chi connectivity index (χ4n) is 2.06. The number of benzene rings is 1. The van der Waals surface area contributed by atoms with Crippen LogP contribution in [-0.2, 0) is 16.0 Å². The molecular weight excluding hydrogens is 342 g/mol. The molecule has 2 rings (SSSR count). The minimum absolute atomic E-state index is 0.0593. The fraction of sp³-hybridized carbons (Fsp3) is 0.188. The highest BCUT2D eigenvalue weighted by molar-refractivity contribution is 7.71. The van der Waals surface area contributed by atoms with Crippen LogP contribution >= 0.6 is 12.2 Å². The van der Waals surface area contributed by atoms with Crippen LogP contribution in [0.3, 0.4) is 0 Å². The molecule has 0 aliphatic heterocycles. The van der Waals surface area contributed by atoms with Gasteiger partial charge in [-0.15, -0.1) is 0 Å². The molecule has 4 N–H and O–H groups in total. The van der Waals surface area contributed by atoms with Gasteiger partial charge in [0, 0.05) is 24.4 Å². The number of H-pyrrole nitrogens is 2. The maximum absolute atomic E-state index is 11.9. The first-order valence-corrected chi connectivity index (χ1v) is 7.78. The van der Waals surface area contributed by atoms with Crippen LogP contribution in [0, 0.1) is 4.77 Å². The van der Waals surface area contributed by atoms with Crippen LogP contribution in [0.4, 0.5) is 5.69 Å². The highest BCUT2D eigenvalue weighted by Gasteiger charge is 2.05. The number of carbonyl (C=O) groups excluding carboxylic acids is 2. The number of amides is 2. The Hall–Kier alpha value is -3.07. The predicted octanol–water partition coefficient (Wildman–Crippen LogP) is 1.47. The molecule has 0 aliphatic carbocycles. The minimum atomic E-state index is -0.395. The third kappa shape index (κ3) is 5.81. The van der Waals surface area contributed by atoms with Gasteiger partial charge in [0.2, 0.25) is 11.8 Å². The van der Waals surface area contributed by atoms with Crippen LogP contribution in [0.2, 0.25) is 0 Å². The molecule has 0 bridgehead atoms. The molecule has 0 unspecified atom stereocenters. The minimum Gasteiger partial charge on any atom is -0.335 e. The molecule has 2 aromatic rings. The number of hydrogen-bond acceptors (Lipinski definition) is 5. The molecular formula is C16H17N5O3S. The smallest absolute Gasteiger partial charge is 0.251 e. The Morgan fingerprint density at radius 2 is 1.96 bits per heavy atom. The van der Waals surface area contributed by atoms with E-state index in [1.807, 2.05) is 6.07 Å². The molecule has 2 amide bonds. The quantitative estimate of drug-likeness (QED) is 0.367. The summed E-state index contributed by atoms with van der Waals surface area (Å²) in [7, 11) is 0. The lowest BCUT2D eigenvalue weighted by molar-refractivity contribution is -0.120. The Balaban J connectivity index is 2.05. The van der Waals surface area contributed by atoms with E-state index in [4.69, 9.17) is 12.2 Å². The molecule has 0 aliphatic rings. The Bertz CT molecular complexity index is 917. The van der Waals surface area contributed by atoms with Crippen molar-refractivity contribution in [2.24, 2.45) is 5.10 Å². The third-order valence-electron chi connectivity index (χ3n) is 3.12. The average Bonchev–Trinajstić information content (AvgIpc) is 2.51. The van der Waals surface area contributed by atoms with E-state index < -0.39 is 5.91 Å². The van der Waals surface area contributed by atoms with Crippen molar-refractivity contribution in [3.05, 3.63) is 56.7 Å². The van der Waals surface area contributed by atoms with Gasteiger partial charge in [0.15, 0.2) is 4.77 Å². The van der Waals surface area contributed by atoms with Gasteiger partial charge >= 0.3 is 0 Å². The monoisotopic (exact) mass is 359 g/mol. The molecule has 1 aromatic heterocycles. The van der Waals surface area contributed by atoms with Crippen LogP contribution in [0.15, 0.2) is 40.2 Å². The molecule has 0 atom stereocenters. The molecule has 25 heavy (non-hydrogen) atoms. The number of aromatic amines is 2. The summed E-state index contributed by atoms with van der Waals surface area (Å²) < 4.78 is 0.157. The van der Waals surface area contributed by atoms with Gasteiger partial charge in [0.1, 0.15) is 0 Å². The first-order valence-electron chi connectivity index (χ1n) is 7.37. The van der Waals surface area contributed by atoms with Crippen molar-refractivity contribution in [2.75, 3.05) is 5.32 Å². The lowest BCUT2D eigenvalue weighted by atomic mass is 10.1. The SMILES string of the molecule is CC(=O)Nc1cccc(/C(C)=N\NC(=O)Cc2cc(=O)[nH]c(=S)[nH]2)c1. The number of rotatable bonds is 5. The van der Waals surface area contributed by atoms with E-state index in [0.717, 1.165) is 5.56 Å². The van der Waals surface area contributed by atoms with Crippen molar-refractivity contribution in [1.29, 1.82) is 0 Å². The highest BCUT2D eigenvalue weighted by Crippen LogP contribution is 2.11. The zero-order valence-corrected chi connectivity index (χ0v) is 14.5. The molecule has 1 aromatic carbocycles. The van der Waals surface area contributed by atoms with E-state index in [2.05, 4.69) is 25.8 Å². The van der Waals surface area contributed by atoms with Crippen molar-refractivity contribution in [1.82, 2.24) is 15.4 Å². The van der Waals surface area contributed by atoms with Crippen molar-refractivity contribution in [3.63, 3.8) is 0 Å². The van der Waals surface area contributed by atoms with Gasteiger partial charge in [-0.05, 0) is 36.8 Å². The molecule has 0 saturated heterocycles. The molecule has 8 nitrogen and oxygen atoms in total. The molecule has 130 valence electrons. The Labute approximate surface area is 148 Å². The second kappa shape index (κ2) is 8.15. The number of hydrogen-bond donors (Lipinski definition) is 4. The van der Waals surface area contributed by atoms with Crippen molar-refractivity contribution in [2.45, 2.75) is 20.3 Å². The number of nitrogens with one attached hydrogen (secondary N) is 4. The van der Waals surface area contributed by atoms with Gasteiger partial charge in [-0.3, -0.25) is 19.4 Å². The van der Waals surface area contributed by atoms with Crippen LogP contribution in [0.1, 0.15) is 25.1 Å². The summed E-state index contributed by atoms with van der Waals surface area (Å²) in [6, 6.07) is 8.36. The summed E-state index contributed by atoms with van der Waals surface area (Å²) in [6.07, 6.45) is -0.0593. The molecule has 0 radical (unpaired) electrons. The summed E-state index contributed by atoms with van der Waals surface area (Å²) in [5, 5.41) is 6.71. The maximum atomic E-state index is 11.9. The predicted molar refractivity (Wildman–Crippen MR) is 97.1 cm³/mol. The van der Waals surface area contributed by atoms with Gasteiger partial charge < -0.3 is 10.3 Å². The second-order valence-electron chi connectivity index (χ2n) is 5.28. The first kappa shape index (κ1) is 18.3. The topological polar surface area (TPSA) is 119 Å².